The molecule has 3 aromatic rings. The zero-order valence-electron chi connectivity index (χ0n) is 13.7. The van der Waals surface area contributed by atoms with Gasteiger partial charge in [0.25, 0.3) is 11.7 Å². The fourth-order valence-corrected chi connectivity index (χ4v) is 3.38. The lowest BCUT2D eigenvalue weighted by atomic mass is 10.0. The Morgan fingerprint density at radius 2 is 1.92 bits per heavy atom. The zero-order chi connectivity index (χ0) is 17.2. The maximum absolute atomic E-state index is 12.9. The molecule has 0 fully saturated rings. The SMILES string of the molecule is O=C(Nc1ccncc1)C(=O)c1c2n(c3ccccc13)CCNCC2.[HH]. The lowest BCUT2D eigenvalue weighted by molar-refractivity contribution is -0.112. The predicted molar refractivity (Wildman–Crippen MR) is 97.8 cm³/mol. The molecule has 6 heteroatoms. The summed E-state index contributed by atoms with van der Waals surface area (Å²) in [7, 11) is 0. The third kappa shape index (κ3) is 2.81. The number of nitrogens with zero attached hydrogens (tertiary/aromatic N) is 2. The molecule has 1 amide bonds. The van der Waals surface area contributed by atoms with Crippen LogP contribution in [-0.4, -0.2) is 34.3 Å². The van der Waals surface area contributed by atoms with Crippen molar-refractivity contribution in [3.63, 3.8) is 0 Å². The second-order valence-corrected chi connectivity index (χ2v) is 6.01. The van der Waals surface area contributed by atoms with E-state index in [9.17, 15) is 9.59 Å². The number of carbonyl (C=O) groups excluding carboxylic acids is 2. The molecule has 128 valence electrons. The molecule has 1 aliphatic rings. The van der Waals surface area contributed by atoms with Crippen molar-refractivity contribution >= 4 is 28.3 Å². The molecular weight excluding hydrogens is 316 g/mol. The van der Waals surface area contributed by atoms with Gasteiger partial charge in [0.1, 0.15) is 0 Å². The summed E-state index contributed by atoms with van der Waals surface area (Å²) in [5.41, 5.74) is 3.01. The molecule has 0 atom stereocenters. The number of anilines is 1. The normalized spacial score (nSPS) is 13.9. The Hall–Kier alpha value is -2.99. The highest BCUT2D eigenvalue weighted by atomic mass is 16.2. The molecule has 2 N–H and O–H groups in total. The minimum atomic E-state index is -0.623. The van der Waals surface area contributed by atoms with E-state index in [2.05, 4.69) is 20.2 Å². The molecular formula is C19H20N4O2. The minimum absolute atomic E-state index is 0. The van der Waals surface area contributed by atoms with Crippen LogP contribution in [0.5, 0.6) is 0 Å². The van der Waals surface area contributed by atoms with Gasteiger partial charge in [-0.3, -0.25) is 14.6 Å². The molecule has 0 aliphatic carbocycles. The van der Waals surface area contributed by atoms with Crippen LogP contribution in [-0.2, 0) is 17.8 Å². The fourth-order valence-electron chi connectivity index (χ4n) is 3.38. The van der Waals surface area contributed by atoms with E-state index in [1.54, 1.807) is 24.5 Å². The van der Waals surface area contributed by atoms with Crippen molar-refractivity contribution in [3.05, 3.63) is 60.0 Å². The van der Waals surface area contributed by atoms with Gasteiger partial charge < -0.3 is 15.2 Å². The van der Waals surface area contributed by atoms with Crippen LogP contribution in [0, 0.1) is 0 Å². The number of amides is 1. The summed E-state index contributed by atoms with van der Waals surface area (Å²) in [4.78, 5) is 29.4. The Morgan fingerprint density at radius 3 is 2.76 bits per heavy atom. The number of aromatic nitrogens is 2. The number of fused-ring (bicyclic) bond motifs is 3. The molecule has 0 saturated carbocycles. The maximum Gasteiger partial charge on any atom is 0.296 e. The number of ketones is 1. The summed E-state index contributed by atoms with van der Waals surface area (Å²) in [5.74, 6) is -1.12. The van der Waals surface area contributed by atoms with E-state index in [0.717, 1.165) is 42.7 Å². The van der Waals surface area contributed by atoms with Gasteiger partial charge in [0, 0.05) is 62.2 Å². The van der Waals surface area contributed by atoms with Crippen LogP contribution in [0.4, 0.5) is 5.69 Å². The summed E-state index contributed by atoms with van der Waals surface area (Å²) in [6, 6.07) is 11.1. The summed E-state index contributed by atoms with van der Waals surface area (Å²) >= 11 is 0. The van der Waals surface area contributed by atoms with Crippen LogP contribution in [0.15, 0.2) is 48.8 Å². The number of pyridine rings is 1. The summed E-state index contributed by atoms with van der Waals surface area (Å²) < 4.78 is 2.16. The average molecular weight is 336 g/mol. The van der Waals surface area contributed by atoms with E-state index in [0.29, 0.717) is 11.3 Å². The third-order valence-corrected chi connectivity index (χ3v) is 4.50. The smallest absolute Gasteiger partial charge is 0.296 e. The van der Waals surface area contributed by atoms with E-state index in [-0.39, 0.29) is 1.43 Å². The molecule has 1 aromatic carbocycles. The summed E-state index contributed by atoms with van der Waals surface area (Å²) in [6.07, 6.45) is 3.87. The predicted octanol–water partition coefficient (Wildman–Crippen LogP) is 2.25. The number of hydrogen-bond acceptors (Lipinski definition) is 4. The standard InChI is InChI=1S/C19H18N4O2.H2/c24-18(19(25)22-13-5-8-20-9-6-13)17-14-3-1-2-4-15(14)23-12-11-21-10-7-16(17)23;/h1-6,8-9,21H,7,10-12H2,(H,20,22,25);1H. The van der Waals surface area contributed by atoms with Crippen LogP contribution < -0.4 is 10.6 Å². The lowest BCUT2D eigenvalue weighted by Gasteiger charge is -2.07. The highest BCUT2D eigenvalue weighted by molar-refractivity contribution is 6.48. The Kier molecular flexibility index (Phi) is 4.03. The van der Waals surface area contributed by atoms with Gasteiger partial charge in [-0.05, 0) is 18.2 Å². The molecule has 0 unspecified atom stereocenters. The first kappa shape index (κ1) is 15.5. The van der Waals surface area contributed by atoms with Crippen LogP contribution in [0.3, 0.4) is 0 Å². The lowest BCUT2D eigenvalue weighted by Crippen LogP contribution is -2.24. The number of hydrogen-bond donors (Lipinski definition) is 2. The van der Waals surface area contributed by atoms with E-state index >= 15 is 0 Å². The van der Waals surface area contributed by atoms with Crippen LogP contribution >= 0.6 is 0 Å². The summed E-state index contributed by atoms with van der Waals surface area (Å²) in [6.45, 7) is 2.43. The fraction of sp³-hybridized carbons (Fsp3) is 0.211. The van der Waals surface area contributed by atoms with Gasteiger partial charge >= 0.3 is 0 Å². The highest BCUT2D eigenvalue weighted by Crippen LogP contribution is 2.28. The average Bonchev–Trinajstić information content (AvgIpc) is 2.79. The van der Waals surface area contributed by atoms with Gasteiger partial charge in [-0.25, -0.2) is 0 Å². The number of nitrogens with one attached hydrogen (secondary N) is 2. The van der Waals surface area contributed by atoms with Crippen LogP contribution in [0.1, 0.15) is 17.5 Å². The first-order valence-electron chi connectivity index (χ1n) is 8.32. The molecule has 25 heavy (non-hydrogen) atoms. The minimum Gasteiger partial charge on any atom is -0.343 e. The number of rotatable bonds is 3. The quantitative estimate of drug-likeness (QED) is 0.568. The summed E-state index contributed by atoms with van der Waals surface area (Å²) in [5, 5.41) is 6.85. The molecule has 0 radical (unpaired) electrons. The first-order valence-corrected chi connectivity index (χ1v) is 8.32. The molecule has 4 rings (SSSR count). The van der Waals surface area contributed by atoms with E-state index in [4.69, 9.17) is 0 Å². The second kappa shape index (κ2) is 6.49. The Bertz CT molecular complexity index is 953. The van der Waals surface area contributed by atoms with Gasteiger partial charge in [0.2, 0.25) is 0 Å². The molecule has 1 aliphatic heterocycles. The Morgan fingerprint density at radius 1 is 1.12 bits per heavy atom. The zero-order valence-corrected chi connectivity index (χ0v) is 13.7. The van der Waals surface area contributed by atoms with Gasteiger partial charge in [-0.1, -0.05) is 18.2 Å². The van der Waals surface area contributed by atoms with Crippen molar-refractivity contribution in [1.82, 2.24) is 14.9 Å². The molecule has 0 saturated heterocycles. The van der Waals surface area contributed by atoms with Crippen molar-refractivity contribution < 1.29 is 11.0 Å². The molecule has 6 nitrogen and oxygen atoms in total. The van der Waals surface area contributed by atoms with Crippen molar-refractivity contribution in [3.8, 4) is 0 Å². The molecule has 0 bridgehead atoms. The number of Topliss-reactive ketones (excluding diaryl/α,β-unsaturated/α-hetero) is 1. The van der Waals surface area contributed by atoms with E-state index in [1.807, 2.05) is 24.3 Å². The van der Waals surface area contributed by atoms with Crippen molar-refractivity contribution in [2.24, 2.45) is 0 Å². The van der Waals surface area contributed by atoms with Crippen molar-refractivity contribution in [1.29, 1.82) is 0 Å². The van der Waals surface area contributed by atoms with Gasteiger partial charge in [0.05, 0.1) is 5.56 Å². The first-order chi connectivity index (χ1) is 12.3. The van der Waals surface area contributed by atoms with Gasteiger partial charge in [-0.15, -0.1) is 0 Å². The molecule has 3 heterocycles. The largest absolute Gasteiger partial charge is 0.343 e. The second-order valence-electron chi connectivity index (χ2n) is 6.01. The monoisotopic (exact) mass is 336 g/mol. The van der Waals surface area contributed by atoms with Crippen LogP contribution in [0.2, 0.25) is 0 Å². The van der Waals surface area contributed by atoms with Crippen molar-refractivity contribution in [2.75, 3.05) is 18.4 Å². The number of carbonyl (C=O) groups is 2. The van der Waals surface area contributed by atoms with E-state index in [1.165, 1.54) is 0 Å². The highest BCUT2D eigenvalue weighted by Gasteiger charge is 2.27. The van der Waals surface area contributed by atoms with Crippen molar-refractivity contribution in [2.45, 2.75) is 13.0 Å². The van der Waals surface area contributed by atoms with E-state index < -0.39 is 11.7 Å². The third-order valence-electron chi connectivity index (χ3n) is 4.50. The van der Waals surface area contributed by atoms with Gasteiger partial charge in [0.15, 0.2) is 0 Å². The maximum atomic E-state index is 12.9. The number of benzene rings is 1. The Balaban J connectivity index is 0.00000196. The number of para-hydroxylation sites is 1. The van der Waals surface area contributed by atoms with Gasteiger partial charge in [-0.2, -0.15) is 0 Å². The Labute approximate surface area is 146 Å². The molecule has 2 aromatic heterocycles. The molecule has 0 spiro atoms. The van der Waals surface area contributed by atoms with Crippen LogP contribution in [0.25, 0.3) is 10.9 Å². The topological polar surface area (TPSA) is 76.0 Å².